The fourth-order valence-corrected chi connectivity index (χ4v) is 6.10. The van der Waals surface area contributed by atoms with Crippen molar-refractivity contribution in [1.29, 1.82) is 5.26 Å². The van der Waals surface area contributed by atoms with Crippen molar-refractivity contribution in [2.24, 2.45) is 0 Å². The Bertz CT molecular complexity index is 929. The van der Waals surface area contributed by atoms with Gasteiger partial charge in [-0.05, 0) is 69.4 Å². The van der Waals surface area contributed by atoms with Gasteiger partial charge in [0.25, 0.3) is 0 Å². The predicted molar refractivity (Wildman–Crippen MR) is 118 cm³/mol. The van der Waals surface area contributed by atoms with E-state index in [1.165, 1.54) is 0 Å². The number of sulfonamides is 1. The number of nitrogens with zero attached hydrogens (tertiary/aromatic N) is 4. The molecule has 0 N–H and O–H groups in total. The molecule has 7 nitrogen and oxygen atoms in total. The zero-order valence-electron chi connectivity index (χ0n) is 19.2. The molecule has 1 saturated heterocycles. The highest BCUT2D eigenvalue weighted by Gasteiger charge is 2.34. The lowest BCUT2D eigenvalue weighted by molar-refractivity contribution is -0.135. The molecule has 1 unspecified atom stereocenters. The molecule has 166 valence electrons. The van der Waals surface area contributed by atoms with Gasteiger partial charge in [-0.2, -0.15) is 9.57 Å². The average molecular weight is 435 g/mol. The number of benzene rings is 1. The minimum absolute atomic E-state index is 0.0435. The van der Waals surface area contributed by atoms with Crippen molar-refractivity contribution < 1.29 is 13.2 Å². The smallest absolute Gasteiger partial charge is 0.243 e. The second-order valence-corrected chi connectivity index (χ2v) is 10.1. The molecule has 2 rings (SSSR count). The lowest BCUT2D eigenvalue weighted by atomic mass is 9.95. The van der Waals surface area contributed by atoms with Crippen LogP contribution < -0.4 is 0 Å². The van der Waals surface area contributed by atoms with E-state index >= 15 is 0 Å². The molecule has 1 aromatic carbocycles. The van der Waals surface area contributed by atoms with Gasteiger partial charge in [0.15, 0.2) is 0 Å². The van der Waals surface area contributed by atoms with Crippen LogP contribution in [-0.4, -0.2) is 74.2 Å². The van der Waals surface area contributed by atoms with Crippen molar-refractivity contribution in [2.45, 2.75) is 58.9 Å². The molecular formula is C22H34N4O3S. The number of hydrogen-bond donors (Lipinski definition) is 0. The summed E-state index contributed by atoms with van der Waals surface area (Å²) in [7, 11) is -1.91. The number of amides is 1. The van der Waals surface area contributed by atoms with E-state index in [1.807, 2.05) is 52.5 Å². The van der Waals surface area contributed by atoms with Crippen molar-refractivity contribution in [3.05, 3.63) is 27.8 Å². The molecule has 30 heavy (non-hydrogen) atoms. The molecular weight excluding hydrogens is 400 g/mol. The Hall–Kier alpha value is -1.95. The van der Waals surface area contributed by atoms with Gasteiger partial charge in [0, 0.05) is 39.8 Å². The van der Waals surface area contributed by atoms with Crippen LogP contribution in [-0.2, 0) is 14.8 Å². The summed E-state index contributed by atoms with van der Waals surface area (Å²) in [5.74, 6) is -0.0435. The molecule has 0 aliphatic carbocycles. The first-order valence-electron chi connectivity index (χ1n) is 10.4. The van der Waals surface area contributed by atoms with Crippen molar-refractivity contribution in [3.8, 4) is 6.07 Å². The lowest BCUT2D eigenvalue weighted by Crippen LogP contribution is -2.55. The van der Waals surface area contributed by atoms with Crippen LogP contribution in [0.15, 0.2) is 4.90 Å². The van der Waals surface area contributed by atoms with E-state index in [4.69, 9.17) is 5.26 Å². The average Bonchev–Trinajstić information content (AvgIpc) is 2.73. The molecule has 0 saturated carbocycles. The molecule has 0 bridgehead atoms. The second kappa shape index (κ2) is 9.46. The number of piperazine rings is 1. The maximum absolute atomic E-state index is 13.5. The van der Waals surface area contributed by atoms with Gasteiger partial charge in [-0.25, -0.2) is 8.42 Å². The Labute approximate surface area is 181 Å². The van der Waals surface area contributed by atoms with Gasteiger partial charge in [0.2, 0.25) is 15.9 Å². The van der Waals surface area contributed by atoms with Gasteiger partial charge in [0.1, 0.15) is 0 Å². The second-order valence-electron chi connectivity index (χ2n) is 8.24. The third-order valence-electron chi connectivity index (χ3n) is 6.64. The highest BCUT2D eigenvalue weighted by Crippen LogP contribution is 2.32. The number of carbonyl (C=O) groups excluding carboxylic acids is 1. The monoisotopic (exact) mass is 434 g/mol. The lowest BCUT2D eigenvalue weighted by Gasteiger charge is -2.38. The Morgan fingerprint density at radius 1 is 1.00 bits per heavy atom. The van der Waals surface area contributed by atoms with Crippen LogP contribution in [0.3, 0.4) is 0 Å². The van der Waals surface area contributed by atoms with E-state index in [1.54, 1.807) is 16.3 Å². The standard InChI is InChI=1S/C22H34N4O3S/c1-15-16(2)18(4)21(19(5)17(15)3)30(28,29)26-13-11-25(12-14-26)20(6)22(27)24(7)10-8-9-23/h20H,8,10-14H2,1-7H3. The van der Waals surface area contributed by atoms with Gasteiger partial charge in [0.05, 0.1) is 23.4 Å². The maximum atomic E-state index is 13.5. The minimum atomic E-state index is -3.61. The van der Waals surface area contributed by atoms with Gasteiger partial charge in [-0.1, -0.05) is 0 Å². The van der Waals surface area contributed by atoms with E-state index in [0.717, 1.165) is 27.8 Å². The fraction of sp³-hybridized carbons (Fsp3) is 0.636. The largest absolute Gasteiger partial charge is 0.343 e. The first-order chi connectivity index (χ1) is 13.9. The predicted octanol–water partition coefficient (Wildman–Crippen LogP) is 2.30. The first kappa shape index (κ1) is 24.3. The molecule has 1 heterocycles. The van der Waals surface area contributed by atoms with Gasteiger partial charge in [-0.3, -0.25) is 9.69 Å². The van der Waals surface area contributed by atoms with E-state index in [9.17, 15) is 13.2 Å². The maximum Gasteiger partial charge on any atom is 0.243 e. The summed E-state index contributed by atoms with van der Waals surface area (Å²) in [6.45, 7) is 13.7. The summed E-state index contributed by atoms with van der Waals surface area (Å²) in [4.78, 5) is 16.6. The number of rotatable bonds is 6. The first-order valence-corrected chi connectivity index (χ1v) is 11.8. The Morgan fingerprint density at radius 2 is 1.47 bits per heavy atom. The highest BCUT2D eigenvalue weighted by atomic mass is 32.2. The molecule has 1 aliphatic rings. The normalized spacial score (nSPS) is 16.9. The molecule has 1 fully saturated rings. The highest BCUT2D eigenvalue weighted by molar-refractivity contribution is 7.89. The molecule has 0 spiro atoms. The van der Waals surface area contributed by atoms with Crippen LogP contribution in [0.4, 0.5) is 0 Å². The molecule has 1 amide bonds. The summed E-state index contributed by atoms with van der Waals surface area (Å²) >= 11 is 0. The summed E-state index contributed by atoms with van der Waals surface area (Å²) in [6.07, 6.45) is 0.301. The van der Waals surface area contributed by atoms with E-state index in [0.29, 0.717) is 44.0 Å². The molecule has 1 aliphatic heterocycles. The van der Waals surface area contributed by atoms with Gasteiger partial charge >= 0.3 is 0 Å². The van der Waals surface area contributed by atoms with Crippen LogP contribution in [0.1, 0.15) is 41.2 Å². The summed E-state index contributed by atoms with van der Waals surface area (Å²) in [5, 5.41) is 8.71. The van der Waals surface area contributed by atoms with E-state index in [2.05, 4.69) is 0 Å². The molecule has 1 aromatic rings. The number of carbonyl (C=O) groups is 1. The Balaban J connectivity index is 2.17. The third kappa shape index (κ3) is 4.53. The van der Waals surface area contributed by atoms with Crippen LogP contribution in [0.2, 0.25) is 0 Å². The topological polar surface area (TPSA) is 84.7 Å². The molecule has 0 aromatic heterocycles. The fourth-order valence-electron chi connectivity index (χ4n) is 4.12. The Kier molecular flexibility index (Phi) is 7.67. The van der Waals surface area contributed by atoms with Crippen molar-refractivity contribution in [2.75, 3.05) is 39.8 Å². The van der Waals surface area contributed by atoms with Crippen molar-refractivity contribution >= 4 is 15.9 Å². The minimum Gasteiger partial charge on any atom is -0.343 e. The molecule has 1 atom stereocenters. The van der Waals surface area contributed by atoms with Crippen molar-refractivity contribution in [3.63, 3.8) is 0 Å². The number of hydrogen-bond acceptors (Lipinski definition) is 5. The van der Waals surface area contributed by atoms with Crippen LogP contribution in [0.5, 0.6) is 0 Å². The SMILES string of the molecule is Cc1c(C)c(C)c(S(=O)(=O)N2CCN(C(C)C(=O)N(C)CCC#N)CC2)c(C)c1C. The van der Waals surface area contributed by atoms with Crippen molar-refractivity contribution in [1.82, 2.24) is 14.1 Å². The summed E-state index contributed by atoms with van der Waals surface area (Å²) in [6, 6.07) is 1.71. The number of nitriles is 1. The van der Waals surface area contributed by atoms with E-state index < -0.39 is 10.0 Å². The van der Waals surface area contributed by atoms with Crippen LogP contribution in [0, 0.1) is 45.9 Å². The van der Waals surface area contributed by atoms with Crippen LogP contribution >= 0.6 is 0 Å². The summed E-state index contributed by atoms with van der Waals surface area (Å²) in [5.41, 5.74) is 4.83. The number of likely N-dealkylation sites (N-methyl/N-ethyl adjacent to an activating group) is 1. The zero-order valence-corrected chi connectivity index (χ0v) is 20.1. The van der Waals surface area contributed by atoms with Gasteiger partial charge < -0.3 is 4.90 Å². The Morgan fingerprint density at radius 3 is 1.93 bits per heavy atom. The molecule has 0 radical (unpaired) electrons. The third-order valence-corrected chi connectivity index (χ3v) is 8.82. The van der Waals surface area contributed by atoms with Crippen LogP contribution in [0.25, 0.3) is 0 Å². The quantitative estimate of drug-likeness (QED) is 0.686. The summed E-state index contributed by atoms with van der Waals surface area (Å²) < 4.78 is 28.5. The van der Waals surface area contributed by atoms with E-state index in [-0.39, 0.29) is 11.9 Å². The van der Waals surface area contributed by atoms with Gasteiger partial charge in [-0.15, -0.1) is 0 Å². The molecule has 8 heteroatoms. The zero-order chi connectivity index (χ0) is 22.8.